The van der Waals surface area contributed by atoms with E-state index in [1.165, 1.54) is 54.2 Å². The zero-order chi connectivity index (χ0) is 31.5. The Labute approximate surface area is 275 Å². The van der Waals surface area contributed by atoms with Gasteiger partial charge in [0.2, 0.25) is 0 Å². The zero-order valence-corrected chi connectivity index (χ0v) is 27.3. The monoisotopic (exact) mass is 617 g/mol. The fourth-order valence-corrected chi connectivity index (χ4v) is 10.4. The molecule has 8 aromatic rings. The lowest BCUT2D eigenvalue weighted by Gasteiger charge is -2.19. The minimum atomic E-state index is -1.95. The molecule has 9 rings (SSSR count). The minimum Gasteiger partial charge on any atom is -0.208 e. The Bertz CT molecular complexity index is 2480. The van der Waals surface area contributed by atoms with E-state index in [2.05, 4.69) is 147 Å². The molecule has 0 unspecified atom stereocenters. The molecule has 0 radical (unpaired) electrons. The quantitative estimate of drug-likeness (QED) is 0.185. The van der Waals surface area contributed by atoms with Crippen LogP contribution in [0.3, 0.4) is 0 Å². The molecule has 3 nitrogen and oxygen atoms in total. The molecule has 47 heavy (non-hydrogen) atoms. The second-order valence-corrected chi connectivity index (χ2v) is 17.2. The van der Waals surface area contributed by atoms with Crippen LogP contribution in [0.5, 0.6) is 0 Å². The van der Waals surface area contributed by atoms with Crippen molar-refractivity contribution in [2.24, 2.45) is 0 Å². The minimum absolute atomic E-state index is 0.670. The standard InChI is InChI=1S/C43H31N3Si/c1-47(2)37-21-11-20-36(40(37)39-35-18-9-7-13-29(35)26-27-38(39)47)43-45-41(31-14-4-3-5-15-31)44-42(46-43)32-24-22-30(23-25-32)34-19-10-16-28-12-6-8-17-33(28)34/h3-27H,1-2H3. The maximum absolute atomic E-state index is 5.22. The molecule has 0 aliphatic carbocycles. The van der Waals surface area contributed by atoms with Crippen LogP contribution >= 0.6 is 0 Å². The van der Waals surface area contributed by atoms with E-state index in [0.29, 0.717) is 17.5 Å². The van der Waals surface area contributed by atoms with Crippen LogP contribution in [-0.4, -0.2) is 23.0 Å². The summed E-state index contributed by atoms with van der Waals surface area (Å²) in [4.78, 5) is 15.4. The SMILES string of the molecule is C[Si]1(C)c2cccc(-c3nc(-c4ccccc4)nc(-c4ccc(-c5cccc6ccccc56)cc4)n3)c2-c2c1ccc1ccccc21. The molecule has 1 aromatic heterocycles. The lowest BCUT2D eigenvalue weighted by Crippen LogP contribution is -2.49. The third kappa shape index (κ3) is 4.44. The third-order valence-electron chi connectivity index (χ3n) is 9.74. The van der Waals surface area contributed by atoms with E-state index in [4.69, 9.17) is 15.0 Å². The van der Waals surface area contributed by atoms with Crippen LogP contribution in [0.1, 0.15) is 0 Å². The molecule has 0 bridgehead atoms. The van der Waals surface area contributed by atoms with Crippen LogP contribution in [0.15, 0.2) is 152 Å². The smallest absolute Gasteiger partial charge is 0.164 e. The van der Waals surface area contributed by atoms with Gasteiger partial charge in [0.25, 0.3) is 0 Å². The van der Waals surface area contributed by atoms with Crippen molar-refractivity contribution in [3.63, 3.8) is 0 Å². The van der Waals surface area contributed by atoms with Crippen molar-refractivity contribution in [1.82, 2.24) is 15.0 Å². The summed E-state index contributed by atoms with van der Waals surface area (Å²) in [6.45, 7) is 4.92. The molecule has 0 N–H and O–H groups in total. The van der Waals surface area contributed by atoms with E-state index < -0.39 is 8.07 Å². The number of fused-ring (bicyclic) bond motifs is 6. The molecule has 222 valence electrons. The van der Waals surface area contributed by atoms with E-state index in [0.717, 1.165) is 16.7 Å². The van der Waals surface area contributed by atoms with Gasteiger partial charge < -0.3 is 0 Å². The van der Waals surface area contributed by atoms with Crippen molar-refractivity contribution in [2.45, 2.75) is 13.1 Å². The number of rotatable bonds is 4. The number of hydrogen-bond donors (Lipinski definition) is 0. The average Bonchev–Trinajstić information content (AvgIpc) is 3.38. The lowest BCUT2D eigenvalue weighted by atomic mass is 9.94. The number of aromatic nitrogens is 3. The van der Waals surface area contributed by atoms with Crippen LogP contribution in [-0.2, 0) is 0 Å². The molecule has 1 aliphatic heterocycles. The maximum Gasteiger partial charge on any atom is 0.164 e. The van der Waals surface area contributed by atoms with Crippen molar-refractivity contribution < 1.29 is 0 Å². The topological polar surface area (TPSA) is 38.7 Å². The van der Waals surface area contributed by atoms with Crippen molar-refractivity contribution in [3.05, 3.63) is 152 Å². The van der Waals surface area contributed by atoms with Gasteiger partial charge in [-0.15, -0.1) is 0 Å². The van der Waals surface area contributed by atoms with Crippen LogP contribution in [0.25, 0.3) is 78.0 Å². The maximum atomic E-state index is 5.22. The highest BCUT2D eigenvalue weighted by Crippen LogP contribution is 2.40. The van der Waals surface area contributed by atoms with Gasteiger partial charge in [-0.2, -0.15) is 0 Å². The van der Waals surface area contributed by atoms with E-state index in [1.807, 2.05) is 18.2 Å². The fourth-order valence-electron chi connectivity index (χ4n) is 7.35. The van der Waals surface area contributed by atoms with Gasteiger partial charge in [0.05, 0.1) is 0 Å². The number of nitrogens with zero attached hydrogens (tertiary/aromatic N) is 3. The molecule has 2 heterocycles. The molecule has 0 atom stereocenters. The van der Waals surface area contributed by atoms with Gasteiger partial charge in [-0.3, -0.25) is 0 Å². The average molecular weight is 618 g/mol. The Morgan fingerprint density at radius 1 is 0.362 bits per heavy atom. The summed E-state index contributed by atoms with van der Waals surface area (Å²) in [5.41, 5.74) is 7.99. The third-order valence-corrected chi connectivity index (χ3v) is 13.3. The van der Waals surface area contributed by atoms with Crippen LogP contribution in [0, 0.1) is 0 Å². The van der Waals surface area contributed by atoms with E-state index >= 15 is 0 Å². The first kappa shape index (κ1) is 27.6. The van der Waals surface area contributed by atoms with E-state index in [9.17, 15) is 0 Å². The first-order chi connectivity index (χ1) is 23.1. The Morgan fingerprint density at radius 2 is 0.894 bits per heavy atom. The molecule has 0 saturated heterocycles. The largest absolute Gasteiger partial charge is 0.208 e. The van der Waals surface area contributed by atoms with Gasteiger partial charge in [-0.25, -0.2) is 15.0 Å². The summed E-state index contributed by atoms with van der Waals surface area (Å²) >= 11 is 0. The highest BCUT2D eigenvalue weighted by molar-refractivity contribution is 7.04. The summed E-state index contributed by atoms with van der Waals surface area (Å²) in [6.07, 6.45) is 0. The lowest BCUT2D eigenvalue weighted by molar-refractivity contribution is 1.07. The fraction of sp³-hybridized carbons (Fsp3) is 0.0465. The van der Waals surface area contributed by atoms with Gasteiger partial charge in [0, 0.05) is 16.7 Å². The van der Waals surface area contributed by atoms with Gasteiger partial charge in [-0.05, 0) is 54.2 Å². The summed E-state index contributed by atoms with van der Waals surface area (Å²) in [6, 6.07) is 54.0. The first-order valence-corrected chi connectivity index (χ1v) is 19.1. The molecule has 1 aliphatic rings. The summed E-state index contributed by atoms with van der Waals surface area (Å²) in [7, 11) is -1.95. The van der Waals surface area contributed by atoms with Crippen LogP contribution in [0.2, 0.25) is 13.1 Å². The highest BCUT2D eigenvalue weighted by atomic mass is 28.3. The van der Waals surface area contributed by atoms with Crippen molar-refractivity contribution in [1.29, 1.82) is 0 Å². The molecular weight excluding hydrogens is 587 g/mol. The summed E-state index contributed by atoms with van der Waals surface area (Å²) in [5.74, 6) is 2.05. The van der Waals surface area contributed by atoms with Gasteiger partial charge in [0.15, 0.2) is 17.5 Å². The Hall–Kier alpha value is -5.71. The number of hydrogen-bond acceptors (Lipinski definition) is 3. The molecular formula is C43H31N3Si. The molecule has 7 aromatic carbocycles. The predicted molar refractivity (Wildman–Crippen MR) is 199 cm³/mol. The van der Waals surface area contributed by atoms with Crippen LogP contribution in [0.4, 0.5) is 0 Å². The Morgan fingerprint density at radius 3 is 1.66 bits per heavy atom. The van der Waals surface area contributed by atoms with Crippen LogP contribution < -0.4 is 10.4 Å². The van der Waals surface area contributed by atoms with E-state index in [1.54, 1.807) is 0 Å². The molecule has 0 amide bonds. The van der Waals surface area contributed by atoms with E-state index in [-0.39, 0.29) is 0 Å². The highest BCUT2D eigenvalue weighted by Gasteiger charge is 2.40. The summed E-state index contributed by atoms with van der Waals surface area (Å²) < 4.78 is 0. The molecule has 0 fully saturated rings. The zero-order valence-electron chi connectivity index (χ0n) is 26.3. The normalized spacial score (nSPS) is 13.1. The molecule has 0 saturated carbocycles. The molecule has 4 heteroatoms. The Kier molecular flexibility index (Phi) is 6.27. The van der Waals surface area contributed by atoms with Crippen molar-refractivity contribution in [3.8, 4) is 56.4 Å². The Balaban J connectivity index is 1.24. The second-order valence-electron chi connectivity index (χ2n) is 12.8. The summed E-state index contributed by atoms with van der Waals surface area (Å²) in [5, 5.41) is 7.93. The second kappa shape index (κ2) is 10.7. The van der Waals surface area contributed by atoms with Gasteiger partial charge >= 0.3 is 0 Å². The number of benzene rings is 7. The van der Waals surface area contributed by atoms with Crippen molar-refractivity contribution in [2.75, 3.05) is 0 Å². The predicted octanol–water partition coefficient (Wildman–Crippen LogP) is 9.65. The molecule has 0 spiro atoms. The van der Waals surface area contributed by atoms with Gasteiger partial charge in [0.1, 0.15) is 8.07 Å². The van der Waals surface area contributed by atoms with Gasteiger partial charge in [-0.1, -0.05) is 165 Å². The van der Waals surface area contributed by atoms with Crippen molar-refractivity contribution >= 4 is 40.0 Å². The first-order valence-electron chi connectivity index (χ1n) is 16.1.